The van der Waals surface area contributed by atoms with Gasteiger partial charge in [-0.2, -0.15) is 0 Å². The fourth-order valence-electron chi connectivity index (χ4n) is 1.91. The summed E-state index contributed by atoms with van der Waals surface area (Å²) in [5.74, 6) is 0.692. The third-order valence-corrected chi connectivity index (χ3v) is 3.48. The van der Waals surface area contributed by atoms with Gasteiger partial charge in [0, 0.05) is 0 Å². The zero-order valence-corrected chi connectivity index (χ0v) is 10.2. The van der Waals surface area contributed by atoms with Crippen LogP contribution in [0.5, 0.6) is 0 Å². The van der Waals surface area contributed by atoms with Gasteiger partial charge in [0.05, 0.1) is 12.1 Å². The summed E-state index contributed by atoms with van der Waals surface area (Å²) >= 11 is 3.31. The van der Waals surface area contributed by atoms with Gasteiger partial charge in [-0.1, -0.05) is 6.07 Å². The Kier molecular flexibility index (Phi) is 2.26. The molecule has 5 heteroatoms. The Morgan fingerprint density at radius 1 is 1.44 bits per heavy atom. The van der Waals surface area contributed by atoms with E-state index in [0.717, 1.165) is 17.4 Å². The lowest BCUT2D eigenvalue weighted by Crippen LogP contribution is -2.48. The number of carbonyl (C=O) groups excluding carboxylic acids is 1. The van der Waals surface area contributed by atoms with Crippen LogP contribution < -0.4 is 4.90 Å². The van der Waals surface area contributed by atoms with Crippen LogP contribution in [0.3, 0.4) is 0 Å². The highest BCUT2D eigenvalue weighted by Gasteiger charge is 2.50. The topological polar surface area (TPSA) is 42.4 Å². The van der Waals surface area contributed by atoms with Gasteiger partial charge in [-0.25, -0.2) is 4.98 Å². The van der Waals surface area contributed by atoms with Crippen molar-refractivity contribution >= 4 is 27.7 Å². The van der Waals surface area contributed by atoms with Gasteiger partial charge in [-0.15, -0.1) is 0 Å². The molecule has 4 nitrogen and oxygen atoms in total. The van der Waals surface area contributed by atoms with Gasteiger partial charge in [0.15, 0.2) is 0 Å². The van der Waals surface area contributed by atoms with Crippen LogP contribution in [0.2, 0.25) is 0 Å². The number of anilines is 1. The van der Waals surface area contributed by atoms with E-state index in [2.05, 4.69) is 20.9 Å². The van der Waals surface area contributed by atoms with E-state index in [0.29, 0.717) is 12.4 Å². The standard InChI is InChI=1S/C11H11BrN2O2/c12-8-2-1-3-9(13-8)14-7-11(4-5-11)16-6-10(14)15/h1-3H,4-7H2. The van der Waals surface area contributed by atoms with Gasteiger partial charge in [0.25, 0.3) is 5.91 Å². The summed E-state index contributed by atoms with van der Waals surface area (Å²) in [6.07, 6.45) is 2.09. The summed E-state index contributed by atoms with van der Waals surface area (Å²) in [5.41, 5.74) is -0.0715. The van der Waals surface area contributed by atoms with E-state index >= 15 is 0 Å². The first kappa shape index (κ1) is 10.2. The lowest BCUT2D eigenvalue weighted by Gasteiger charge is -2.32. The normalized spacial score (nSPS) is 22.6. The van der Waals surface area contributed by atoms with Crippen LogP contribution in [-0.2, 0) is 9.53 Å². The second-order valence-electron chi connectivity index (χ2n) is 4.27. The molecule has 1 amide bonds. The minimum atomic E-state index is -0.0715. The monoisotopic (exact) mass is 282 g/mol. The van der Waals surface area contributed by atoms with Crippen LogP contribution in [0.1, 0.15) is 12.8 Å². The molecule has 0 bridgehead atoms. The summed E-state index contributed by atoms with van der Waals surface area (Å²) in [6, 6.07) is 5.58. The molecule has 0 N–H and O–H groups in total. The molecule has 0 unspecified atom stereocenters. The first-order valence-corrected chi connectivity index (χ1v) is 6.05. The summed E-state index contributed by atoms with van der Waals surface area (Å²) < 4.78 is 6.28. The van der Waals surface area contributed by atoms with Gasteiger partial charge >= 0.3 is 0 Å². The molecule has 2 aliphatic rings. The zero-order valence-electron chi connectivity index (χ0n) is 8.65. The number of morpholine rings is 1. The lowest BCUT2D eigenvalue weighted by atomic mass is 10.2. The van der Waals surface area contributed by atoms with E-state index in [1.807, 2.05) is 18.2 Å². The van der Waals surface area contributed by atoms with E-state index in [1.165, 1.54) is 0 Å². The molecule has 0 atom stereocenters. The smallest absolute Gasteiger partial charge is 0.254 e. The number of carbonyl (C=O) groups is 1. The minimum absolute atomic E-state index is 0.0110. The van der Waals surface area contributed by atoms with E-state index in [-0.39, 0.29) is 18.1 Å². The Balaban J connectivity index is 1.89. The van der Waals surface area contributed by atoms with E-state index < -0.39 is 0 Å². The molecule has 16 heavy (non-hydrogen) atoms. The molecule has 3 rings (SSSR count). The summed E-state index contributed by atoms with van der Waals surface area (Å²) in [5, 5.41) is 0. The molecule has 2 heterocycles. The number of amides is 1. The van der Waals surface area contributed by atoms with Gasteiger partial charge < -0.3 is 4.74 Å². The van der Waals surface area contributed by atoms with Crippen molar-refractivity contribution < 1.29 is 9.53 Å². The Labute approximate surface area is 102 Å². The zero-order chi connectivity index (χ0) is 11.2. The Hall–Kier alpha value is -0.940. The van der Waals surface area contributed by atoms with Crippen molar-refractivity contribution in [3.05, 3.63) is 22.8 Å². The second kappa shape index (κ2) is 3.53. The van der Waals surface area contributed by atoms with Crippen molar-refractivity contribution in [1.82, 2.24) is 4.98 Å². The van der Waals surface area contributed by atoms with E-state index in [1.54, 1.807) is 4.90 Å². The predicted octanol–water partition coefficient (Wildman–Crippen LogP) is 1.74. The molecule has 1 aromatic rings. The highest BCUT2D eigenvalue weighted by Crippen LogP contribution is 2.42. The number of nitrogens with zero attached hydrogens (tertiary/aromatic N) is 2. The van der Waals surface area contributed by atoms with Crippen molar-refractivity contribution in [2.75, 3.05) is 18.1 Å². The van der Waals surface area contributed by atoms with Gasteiger partial charge in [0.2, 0.25) is 0 Å². The summed E-state index contributed by atoms with van der Waals surface area (Å²) in [7, 11) is 0. The molecule has 1 aromatic heterocycles. The van der Waals surface area contributed by atoms with Crippen LogP contribution in [0.25, 0.3) is 0 Å². The molecule has 1 spiro atoms. The molecular weight excluding hydrogens is 272 g/mol. The van der Waals surface area contributed by atoms with Gasteiger partial charge in [-0.05, 0) is 40.9 Å². The fourth-order valence-corrected chi connectivity index (χ4v) is 2.25. The minimum Gasteiger partial charge on any atom is -0.363 e. The van der Waals surface area contributed by atoms with Crippen LogP contribution >= 0.6 is 15.9 Å². The first-order valence-electron chi connectivity index (χ1n) is 5.25. The maximum Gasteiger partial charge on any atom is 0.254 e. The number of hydrogen-bond donors (Lipinski definition) is 0. The number of pyridine rings is 1. The van der Waals surface area contributed by atoms with Crippen LogP contribution in [-0.4, -0.2) is 29.6 Å². The number of hydrogen-bond acceptors (Lipinski definition) is 3. The third-order valence-electron chi connectivity index (χ3n) is 3.03. The average Bonchev–Trinajstić information content (AvgIpc) is 3.02. The molecule has 0 aromatic carbocycles. The van der Waals surface area contributed by atoms with Crippen LogP contribution in [0, 0.1) is 0 Å². The third kappa shape index (κ3) is 1.74. The highest BCUT2D eigenvalue weighted by molar-refractivity contribution is 9.10. The van der Waals surface area contributed by atoms with Gasteiger partial charge in [0.1, 0.15) is 17.0 Å². The summed E-state index contributed by atoms with van der Waals surface area (Å²) in [4.78, 5) is 17.8. The lowest BCUT2D eigenvalue weighted by molar-refractivity contribution is -0.130. The molecule has 0 radical (unpaired) electrons. The molecule has 1 saturated heterocycles. The highest BCUT2D eigenvalue weighted by atomic mass is 79.9. The Morgan fingerprint density at radius 2 is 2.25 bits per heavy atom. The van der Waals surface area contributed by atoms with Crippen LogP contribution in [0.15, 0.2) is 22.8 Å². The molecule has 1 saturated carbocycles. The maximum absolute atomic E-state index is 11.8. The maximum atomic E-state index is 11.8. The quantitative estimate of drug-likeness (QED) is 0.737. The Morgan fingerprint density at radius 3 is 2.94 bits per heavy atom. The molecule has 84 valence electrons. The Bertz CT molecular complexity index is 445. The van der Waals surface area contributed by atoms with Crippen molar-refractivity contribution in [1.29, 1.82) is 0 Å². The van der Waals surface area contributed by atoms with Crippen molar-refractivity contribution in [2.24, 2.45) is 0 Å². The number of ether oxygens (including phenoxy) is 1. The fraction of sp³-hybridized carbons (Fsp3) is 0.455. The number of aromatic nitrogens is 1. The van der Waals surface area contributed by atoms with Crippen molar-refractivity contribution in [3.8, 4) is 0 Å². The van der Waals surface area contributed by atoms with Crippen molar-refractivity contribution in [2.45, 2.75) is 18.4 Å². The molecule has 1 aliphatic heterocycles. The van der Waals surface area contributed by atoms with E-state index in [4.69, 9.17) is 4.74 Å². The molecule has 1 aliphatic carbocycles. The molecule has 2 fully saturated rings. The number of halogens is 1. The number of rotatable bonds is 1. The molecular formula is C11H11BrN2O2. The SMILES string of the molecule is O=C1COC2(CC2)CN1c1cccc(Br)n1. The van der Waals surface area contributed by atoms with E-state index in [9.17, 15) is 4.79 Å². The largest absolute Gasteiger partial charge is 0.363 e. The average molecular weight is 283 g/mol. The van der Waals surface area contributed by atoms with Crippen LogP contribution in [0.4, 0.5) is 5.82 Å². The predicted molar refractivity (Wildman–Crippen MR) is 62.2 cm³/mol. The summed E-state index contributed by atoms with van der Waals surface area (Å²) in [6.45, 7) is 0.809. The van der Waals surface area contributed by atoms with Gasteiger partial charge in [-0.3, -0.25) is 9.69 Å². The van der Waals surface area contributed by atoms with Crippen molar-refractivity contribution in [3.63, 3.8) is 0 Å². The second-order valence-corrected chi connectivity index (χ2v) is 5.08. The first-order chi connectivity index (χ1) is 7.69.